The van der Waals surface area contributed by atoms with Gasteiger partial charge in [-0.3, -0.25) is 14.4 Å². The van der Waals surface area contributed by atoms with Crippen LogP contribution in [0.5, 0.6) is 0 Å². The maximum atomic E-state index is 14.3. The second-order valence-electron chi connectivity index (χ2n) is 15.4. The van der Waals surface area contributed by atoms with E-state index in [2.05, 4.69) is 13.0 Å². The highest BCUT2D eigenvalue weighted by molar-refractivity contribution is 5.90. The number of ketones is 2. The van der Waals surface area contributed by atoms with E-state index in [1.165, 1.54) is 13.8 Å². The average Bonchev–Trinajstić information content (AvgIpc) is 3.01. The van der Waals surface area contributed by atoms with Crippen LogP contribution in [0.25, 0.3) is 0 Å². The van der Waals surface area contributed by atoms with E-state index in [-0.39, 0.29) is 36.9 Å². The minimum atomic E-state index is -1.89. The molecule has 0 amide bonds. The lowest BCUT2D eigenvalue weighted by Crippen LogP contribution is -2.65. The molecule has 0 aromatic rings. The molecular weight excluding hydrogens is 512 g/mol. The number of aliphatic hydroxyl groups excluding tert-OH is 3. The molecule has 40 heavy (non-hydrogen) atoms. The Labute approximate surface area is 238 Å². The summed E-state index contributed by atoms with van der Waals surface area (Å²) in [6, 6.07) is 0. The van der Waals surface area contributed by atoms with Gasteiger partial charge in [0.2, 0.25) is 0 Å². The van der Waals surface area contributed by atoms with Gasteiger partial charge >= 0.3 is 5.97 Å². The highest BCUT2D eigenvalue weighted by Crippen LogP contribution is 2.74. The van der Waals surface area contributed by atoms with Gasteiger partial charge in [0.1, 0.15) is 17.0 Å². The summed E-state index contributed by atoms with van der Waals surface area (Å²) in [7, 11) is 0. The Hall–Kier alpha value is -1.61. The number of hydrogen-bond acceptors (Lipinski definition) is 8. The molecule has 226 valence electrons. The normalized spacial score (nSPS) is 44.0. The van der Waals surface area contributed by atoms with Crippen LogP contribution < -0.4 is 0 Å². The Morgan fingerprint density at radius 2 is 1.62 bits per heavy atom. The fraction of sp³-hybridized carbons (Fsp3) is 0.844. The van der Waals surface area contributed by atoms with Gasteiger partial charge in [-0.1, -0.05) is 46.3 Å². The van der Waals surface area contributed by atoms with Crippen LogP contribution in [0.1, 0.15) is 101 Å². The monoisotopic (exact) mass is 562 g/mol. The molecule has 0 bridgehead atoms. The lowest BCUT2D eigenvalue weighted by molar-refractivity contribution is -0.188. The van der Waals surface area contributed by atoms with Crippen molar-refractivity contribution in [2.45, 2.75) is 130 Å². The van der Waals surface area contributed by atoms with E-state index < -0.39 is 68.8 Å². The third-order valence-corrected chi connectivity index (χ3v) is 12.2. The SMILES string of the molecule is CC(=O)OC(C)(C)CCC(=O)[C@@](C)(O)[C@H]1[C@H](O)C[C@@]2(C)[C@H]3CC=C4[C@@H](C[C@@H](O)[C@H](O)C4(C)C)[C@]3(C)C(=O)C[C@]12C. The van der Waals surface area contributed by atoms with Crippen LogP contribution in [0.3, 0.4) is 0 Å². The molecule has 4 aliphatic carbocycles. The number of esters is 1. The van der Waals surface area contributed by atoms with Crippen molar-refractivity contribution in [1.29, 1.82) is 0 Å². The van der Waals surface area contributed by atoms with Crippen molar-refractivity contribution < 1.29 is 39.5 Å². The highest BCUT2D eigenvalue weighted by Gasteiger charge is 2.74. The molecule has 4 aliphatic rings. The van der Waals surface area contributed by atoms with Crippen molar-refractivity contribution in [1.82, 2.24) is 0 Å². The quantitative estimate of drug-likeness (QED) is 0.285. The minimum Gasteiger partial charge on any atom is -0.460 e. The van der Waals surface area contributed by atoms with Crippen molar-refractivity contribution in [3.63, 3.8) is 0 Å². The van der Waals surface area contributed by atoms with Crippen LogP contribution in [0, 0.1) is 39.4 Å². The first-order valence-corrected chi connectivity index (χ1v) is 14.8. The van der Waals surface area contributed by atoms with Gasteiger partial charge < -0.3 is 25.2 Å². The standard InChI is InChI=1S/C32H50O8/c1-17(33)40-27(2,3)13-12-23(36)32(9,39)25-21(35)15-29(6)22-11-10-18-19(14-20(34)26(38)28(18,4)5)31(22,8)24(37)16-30(25,29)7/h10,19-22,25-26,34-35,38-39H,11-16H2,1-9H3/t19-,20-,21-,22-,25+,26+,29+,30-,31+,32-/m1/s1. The topological polar surface area (TPSA) is 141 Å². The van der Waals surface area contributed by atoms with E-state index in [4.69, 9.17) is 4.74 Å². The first kappa shape index (κ1) is 31.3. The van der Waals surface area contributed by atoms with Crippen LogP contribution in [0.2, 0.25) is 0 Å². The summed E-state index contributed by atoms with van der Waals surface area (Å²) in [6.07, 6.45) is 0.776. The van der Waals surface area contributed by atoms with Crippen LogP contribution >= 0.6 is 0 Å². The lowest BCUT2D eigenvalue weighted by Gasteiger charge is -2.65. The Bertz CT molecular complexity index is 1120. The summed E-state index contributed by atoms with van der Waals surface area (Å²) in [4.78, 5) is 39.4. The number of allylic oxidation sites excluding steroid dienone is 1. The van der Waals surface area contributed by atoms with Crippen molar-refractivity contribution in [3.8, 4) is 0 Å². The van der Waals surface area contributed by atoms with Crippen LogP contribution in [-0.4, -0.2) is 67.5 Å². The summed E-state index contributed by atoms with van der Waals surface area (Å²) in [5, 5.41) is 45.0. The fourth-order valence-corrected chi connectivity index (χ4v) is 9.83. The Morgan fingerprint density at radius 1 is 1.02 bits per heavy atom. The van der Waals surface area contributed by atoms with Crippen molar-refractivity contribution in [2.24, 2.45) is 39.4 Å². The number of hydrogen-bond donors (Lipinski definition) is 4. The molecule has 10 atom stereocenters. The maximum absolute atomic E-state index is 14.3. The number of fused-ring (bicyclic) bond motifs is 5. The number of carbonyl (C=O) groups excluding carboxylic acids is 3. The first-order chi connectivity index (χ1) is 18.1. The highest BCUT2D eigenvalue weighted by atomic mass is 16.6. The van der Waals surface area contributed by atoms with Gasteiger partial charge in [-0.25, -0.2) is 0 Å². The number of aliphatic hydroxyl groups is 4. The van der Waals surface area contributed by atoms with E-state index in [1.54, 1.807) is 13.8 Å². The smallest absolute Gasteiger partial charge is 0.303 e. The second kappa shape index (κ2) is 9.45. The van der Waals surface area contributed by atoms with Crippen LogP contribution in [0.4, 0.5) is 0 Å². The maximum Gasteiger partial charge on any atom is 0.303 e. The fourth-order valence-electron chi connectivity index (χ4n) is 9.83. The molecule has 3 fully saturated rings. The molecule has 0 aromatic heterocycles. The molecule has 8 nitrogen and oxygen atoms in total. The third-order valence-electron chi connectivity index (χ3n) is 12.2. The Balaban J connectivity index is 1.70. The Morgan fingerprint density at radius 3 is 2.20 bits per heavy atom. The lowest BCUT2D eigenvalue weighted by atomic mass is 9.38. The molecule has 0 aliphatic heterocycles. The van der Waals surface area contributed by atoms with Crippen molar-refractivity contribution in [2.75, 3.05) is 0 Å². The van der Waals surface area contributed by atoms with Crippen molar-refractivity contribution >= 4 is 17.5 Å². The van der Waals surface area contributed by atoms with Gasteiger partial charge in [0.15, 0.2) is 5.78 Å². The largest absolute Gasteiger partial charge is 0.460 e. The van der Waals surface area contributed by atoms with E-state index in [9.17, 15) is 34.8 Å². The van der Waals surface area contributed by atoms with E-state index in [0.29, 0.717) is 19.3 Å². The van der Waals surface area contributed by atoms with Crippen LogP contribution in [-0.2, 0) is 19.1 Å². The number of Topliss-reactive ketones (excluding diaryl/α,β-unsaturated/α-hetero) is 2. The predicted molar refractivity (Wildman–Crippen MR) is 149 cm³/mol. The van der Waals surface area contributed by atoms with Gasteiger partial charge in [0.05, 0.1) is 18.3 Å². The van der Waals surface area contributed by atoms with Gasteiger partial charge in [-0.2, -0.15) is 0 Å². The van der Waals surface area contributed by atoms with Gasteiger partial charge in [0.25, 0.3) is 0 Å². The zero-order chi connectivity index (χ0) is 30.4. The average molecular weight is 563 g/mol. The number of ether oxygens (including phenoxy) is 1. The zero-order valence-electron chi connectivity index (χ0n) is 25.7. The minimum absolute atomic E-state index is 0.0193. The molecule has 4 rings (SSSR count). The van der Waals surface area contributed by atoms with Crippen LogP contribution in [0.15, 0.2) is 11.6 Å². The zero-order valence-corrected chi connectivity index (χ0v) is 25.7. The summed E-state index contributed by atoms with van der Waals surface area (Å²) >= 11 is 0. The number of rotatable bonds is 6. The molecule has 0 radical (unpaired) electrons. The summed E-state index contributed by atoms with van der Waals surface area (Å²) in [5.41, 5.74) is -4.68. The summed E-state index contributed by atoms with van der Waals surface area (Å²) in [6.45, 7) is 16.1. The first-order valence-electron chi connectivity index (χ1n) is 14.8. The molecule has 0 aromatic carbocycles. The van der Waals surface area contributed by atoms with E-state index in [0.717, 1.165) is 5.57 Å². The third kappa shape index (κ3) is 4.26. The molecule has 0 spiro atoms. The molecule has 4 N–H and O–H groups in total. The van der Waals surface area contributed by atoms with Gasteiger partial charge in [0, 0.05) is 36.5 Å². The number of carbonyl (C=O) groups is 3. The summed E-state index contributed by atoms with van der Waals surface area (Å²) in [5.74, 6) is -2.15. The van der Waals surface area contributed by atoms with Crippen molar-refractivity contribution in [3.05, 3.63) is 11.6 Å². The molecule has 3 saturated carbocycles. The molecule has 0 heterocycles. The Kier molecular flexibility index (Phi) is 7.40. The van der Waals surface area contributed by atoms with E-state index >= 15 is 0 Å². The molecule has 0 unspecified atom stereocenters. The van der Waals surface area contributed by atoms with E-state index in [1.807, 2.05) is 27.7 Å². The molecule has 8 heteroatoms. The predicted octanol–water partition coefficient (Wildman–Crippen LogP) is 3.52. The molecular formula is C32H50O8. The molecule has 0 saturated heterocycles. The van der Waals surface area contributed by atoms with Gasteiger partial charge in [-0.15, -0.1) is 0 Å². The summed E-state index contributed by atoms with van der Waals surface area (Å²) < 4.78 is 5.32. The second-order valence-corrected chi connectivity index (χ2v) is 15.4. The van der Waals surface area contributed by atoms with Gasteiger partial charge in [-0.05, 0) is 69.1 Å².